The second kappa shape index (κ2) is 8.81. The van der Waals surface area contributed by atoms with E-state index in [-0.39, 0.29) is 30.3 Å². The maximum Gasteiger partial charge on any atom is 0.232 e. The standard InChI is InChI=1S/C20H24N2O4S/c1-4-27(25,26)22-17-9-7-16(8-10-17)21-20(24)12-11-19(23)18-13-14(2)5-6-15(18)3/h5-10,13,22H,4,11-12H2,1-3H3,(H,21,24). The van der Waals surface area contributed by atoms with Crippen molar-refractivity contribution in [1.29, 1.82) is 0 Å². The molecule has 2 aromatic carbocycles. The SMILES string of the molecule is CCS(=O)(=O)Nc1ccc(NC(=O)CCC(=O)c2cc(C)ccc2C)cc1. The molecule has 0 aliphatic rings. The second-order valence-corrected chi connectivity index (χ2v) is 8.38. The molecule has 0 atom stereocenters. The van der Waals surface area contributed by atoms with Crippen LogP contribution < -0.4 is 10.0 Å². The van der Waals surface area contributed by atoms with Crippen LogP contribution in [0.1, 0.15) is 41.3 Å². The minimum absolute atomic E-state index is 0.0140. The number of Topliss-reactive ketones (excluding diaryl/α,β-unsaturated/α-hetero) is 1. The zero-order valence-corrected chi connectivity index (χ0v) is 16.5. The molecule has 0 aliphatic heterocycles. The molecule has 2 aromatic rings. The highest BCUT2D eigenvalue weighted by atomic mass is 32.2. The van der Waals surface area contributed by atoms with Crippen molar-refractivity contribution in [2.75, 3.05) is 15.8 Å². The predicted octanol–water partition coefficient (Wildman–Crippen LogP) is 3.67. The van der Waals surface area contributed by atoms with Crippen LogP contribution in [-0.2, 0) is 14.8 Å². The van der Waals surface area contributed by atoms with E-state index in [4.69, 9.17) is 0 Å². The minimum Gasteiger partial charge on any atom is -0.326 e. The van der Waals surface area contributed by atoms with Crippen molar-refractivity contribution in [3.8, 4) is 0 Å². The molecular formula is C20H24N2O4S. The molecule has 0 saturated carbocycles. The van der Waals surface area contributed by atoms with Crippen LogP contribution in [0.25, 0.3) is 0 Å². The molecule has 0 fully saturated rings. The van der Waals surface area contributed by atoms with Gasteiger partial charge in [0.15, 0.2) is 5.78 Å². The van der Waals surface area contributed by atoms with Gasteiger partial charge in [0.25, 0.3) is 0 Å². The third-order valence-electron chi connectivity index (χ3n) is 4.09. The van der Waals surface area contributed by atoms with Crippen LogP contribution in [0.15, 0.2) is 42.5 Å². The predicted molar refractivity (Wildman–Crippen MR) is 108 cm³/mol. The van der Waals surface area contributed by atoms with Crippen LogP contribution in [0.4, 0.5) is 11.4 Å². The summed E-state index contributed by atoms with van der Waals surface area (Å²) < 4.78 is 25.5. The Balaban J connectivity index is 1.90. The highest BCUT2D eigenvalue weighted by Gasteiger charge is 2.12. The molecule has 1 amide bonds. The lowest BCUT2D eigenvalue weighted by molar-refractivity contribution is -0.116. The minimum atomic E-state index is -3.33. The van der Waals surface area contributed by atoms with E-state index in [1.165, 1.54) is 0 Å². The highest BCUT2D eigenvalue weighted by molar-refractivity contribution is 7.92. The number of anilines is 2. The lowest BCUT2D eigenvalue weighted by Crippen LogP contribution is -2.15. The molecule has 27 heavy (non-hydrogen) atoms. The van der Waals surface area contributed by atoms with Gasteiger partial charge in [0.05, 0.1) is 5.75 Å². The van der Waals surface area contributed by atoms with Crippen LogP contribution in [-0.4, -0.2) is 25.9 Å². The Morgan fingerprint density at radius 1 is 0.926 bits per heavy atom. The van der Waals surface area contributed by atoms with Crippen molar-refractivity contribution in [3.63, 3.8) is 0 Å². The largest absolute Gasteiger partial charge is 0.326 e. The number of hydrogen-bond acceptors (Lipinski definition) is 4. The Hall–Kier alpha value is -2.67. The number of carbonyl (C=O) groups is 2. The molecule has 0 saturated heterocycles. The average molecular weight is 388 g/mol. The summed E-state index contributed by atoms with van der Waals surface area (Å²) in [5, 5.41) is 2.71. The summed E-state index contributed by atoms with van der Waals surface area (Å²) in [6.07, 6.45) is 0.209. The van der Waals surface area contributed by atoms with E-state index in [0.717, 1.165) is 11.1 Å². The Labute approximate surface area is 160 Å². The van der Waals surface area contributed by atoms with Gasteiger partial charge >= 0.3 is 0 Å². The van der Waals surface area contributed by atoms with Gasteiger partial charge in [-0.2, -0.15) is 0 Å². The molecule has 0 heterocycles. The molecule has 0 spiro atoms. The van der Waals surface area contributed by atoms with Crippen LogP contribution in [0.3, 0.4) is 0 Å². The number of hydrogen-bond donors (Lipinski definition) is 2. The van der Waals surface area contributed by atoms with Gasteiger partial charge in [-0.3, -0.25) is 14.3 Å². The molecule has 2 rings (SSSR count). The lowest BCUT2D eigenvalue weighted by Gasteiger charge is -2.09. The normalized spacial score (nSPS) is 11.1. The zero-order valence-electron chi connectivity index (χ0n) is 15.7. The van der Waals surface area contributed by atoms with Crippen molar-refractivity contribution < 1.29 is 18.0 Å². The van der Waals surface area contributed by atoms with Gasteiger partial charge in [-0.25, -0.2) is 8.42 Å². The molecule has 7 heteroatoms. The van der Waals surface area contributed by atoms with Gasteiger partial charge in [-0.05, 0) is 56.7 Å². The highest BCUT2D eigenvalue weighted by Crippen LogP contribution is 2.17. The Morgan fingerprint density at radius 3 is 2.19 bits per heavy atom. The van der Waals surface area contributed by atoms with Crippen LogP contribution in [0.5, 0.6) is 0 Å². The van der Waals surface area contributed by atoms with Crippen LogP contribution in [0.2, 0.25) is 0 Å². The molecule has 0 aliphatic carbocycles. The van der Waals surface area contributed by atoms with Gasteiger partial charge in [-0.1, -0.05) is 17.7 Å². The van der Waals surface area contributed by atoms with Gasteiger partial charge in [0, 0.05) is 29.8 Å². The van der Waals surface area contributed by atoms with Crippen molar-refractivity contribution in [2.45, 2.75) is 33.6 Å². The number of nitrogens with one attached hydrogen (secondary N) is 2. The van der Waals surface area contributed by atoms with E-state index < -0.39 is 10.0 Å². The van der Waals surface area contributed by atoms with E-state index in [0.29, 0.717) is 16.9 Å². The fourth-order valence-corrected chi connectivity index (χ4v) is 3.13. The quantitative estimate of drug-likeness (QED) is 0.675. The maximum atomic E-state index is 12.3. The lowest BCUT2D eigenvalue weighted by atomic mass is 9.99. The number of aryl methyl sites for hydroxylation is 2. The second-order valence-electron chi connectivity index (χ2n) is 6.37. The van der Waals surface area contributed by atoms with E-state index in [2.05, 4.69) is 10.0 Å². The molecule has 0 radical (unpaired) electrons. The van der Waals surface area contributed by atoms with E-state index >= 15 is 0 Å². The first-order valence-corrected chi connectivity index (χ1v) is 10.4. The Kier molecular flexibility index (Phi) is 6.74. The van der Waals surface area contributed by atoms with Crippen LogP contribution >= 0.6 is 0 Å². The van der Waals surface area contributed by atoms with Gasteiger partial charge in [0.1, 0.15) is 0 Å². The van der Waals surface area contributed by atoms with E-state index in [1.54, 1.807) is 31.2 Å². The van der Waals surface area contributed by atoms with E-state index in [1.807, 2.05) is 32.0 Å². The first-order chi connectivity index (χ1) is 12.7. The van der Waals surface area contributed by atoms with Crippen molar-refractivity contribution in [1.82, 2.24) is 0 Å². The fourth-order valence-electron chi connectivity index (χ4n) is 2.49. The molecule has 6 nitrogen and oxygen atoms in total. The fraction of sp³-hybridized carbons (Fsp3) is 0.300. The monoisotopic (exact) mass is 388 g/mol. The summed E-state index contributed by atoms with van der Waals surface area (Å²) in [7, 11) is -3.33. The summed E-state index contributed by atoms with van der Waals surface area (Å²) in [4.78, 5) is 24.4. The molecule has 2 N–H and O–H groups in total. The first kappa shape index (κ1) is 20.6. The summed E-state index contributed by atoms with van der Waals surface area (Å²) in [5.74, 6) is -0.342. The summed E-state index contributed by atoms with van der Waals surface area (Å²) >= 11 is 0. The Bertz CT molecular complexity index is 935. The number of rotatable bonds is 8. The van der Waals surface area contributed by atoms with Crippen molar-refractivity contribution >= 4 is 33.1 Å². The average Bonchev–Trinajstić information content (AvgIpc) is 2.63. The number of carbonyl (C=O) groups excluding carboxylic acids is 2. The third kappa shape index (κ3) is 6.21. The topological polar surface area (TPSA) is 92.3 Å². The first-order valence-electron chi connectivity index (χ1n) is 8.71. The molecule has 144 valence electrons. The van der Waals surface area contributed by atoms with Crippen molar-refractivity contribution in [2.24, 2.45) is 0 Å². The maximum absolute atomic E-state index is 12.3. The smallest absolute Gasteiger partial charge is 0.232 e. The van der Waals surface area contributed by atoms with Gasteiger partial charge < -0.3 is 5.32 Å². The molecule has 0 bridgehead atoms. The Morgan fingerprint density at radius 2 is 1.56 bits per heavy atom. The van der Waals surface area contributed by atoms with E-state index in [9.17, 15) is 18.0 Å². The molecular weight excluding hydrogens is 364 g/mol. The third-order valence-corrected chi connectivity index (χ3v) is 5.40. The molecule has 0 aromatic heterocycles. The number of sulfonamides is 1. The van der Waals surface area contributed by atoms with Crippen LogP contribution in [0, 0.1) is 13.8 Å². The number of benzene rings is 2. The summed E-state index contributed by atoms with van der Waals surface area (Å²) in [6.45, 7) is 5.35. The van der Waals surface area contributed by atoms with Crippen molar-refractivity contribution in [3.05, 3.63) is 59.2 Å². The summed E-state index contributed by atoms with van der Waals surface area (Å²) in [5.41, 5.74) is 3.53. The van der Waals surface area contributed by atoms with Gasteiger partial charge in [-0.15, -0.1) is 0 Å². The number of ketones is 1. The van der Waals surface area contributed by atoms with Gasteiger partial charge in [0.2, 0.25) is 15.9 Å². The summed E-state index contributed by atoms with van der Waals surface area (Å²) in [6, 6.07) is 12.1. The molecule has 0 unspecified atom stereocenters. The zero-order chi connectivity index (χ0) is 20.0. The number of amides is 1.